The molecule has 0 radical (unpaired) electrons. The number of anilines is 1. The van der Waals surface area contributed by atoms with E-state index < -0.39 is 0 Å². The van der Waals surface area contributed by atoms with E-state index in [1.54, 1.807) is 14.2 Å². The van der Waals surface area contributed by atoms with Crippen LogP contribution in [0.2, 0.25) is 0 Å². The summed E-state index contributed by atoms with van der Waals surface area (Å²) in [5, 5.41) is 3.31. The number of aromatic nitrogens is 1. The third-order valence-corrected chi connectivity index (χ3v) is 3.45. The van der Waals surface area contributed by atoms with Gasteiger partial charge in [0.1, 0.15) is 5.75 Å². The number of nitrogens with zero attached hydrogens (tertiary/aromatic N) is 1. The molecule has 0 aliphatic heterocycles. The Labute approximate surface area is 121 Å². The van der Waals surface area contributed by atoms with Gasteiger partial charge in [0.25, 0.3) is 0 Å². The van der Waals surface area contributed by atoms with Gasteiger partial charge in [0.2, 0.25) is 0 Å². The van der Waals surface area contributed by atoms with Crippen LogP contribution in [0.4, 0.5) is 5.69 Å². The summed E-state index contributed by atoms with van der Waals surface area (Å²) >= 11 is 0. The largest absolute Gasteiger partial charge is 0.497 e. The molecule has 2 aromatic carbocycles. The van der Waals surface area contributed by atoms with Gasteiger partial charge < -0.3 is 14.5 Å². The van der Waals surface area contributed by atoms with Gasteiger partial charge in [-0.3, -0.25) is 4.57 Å². The average molecular weight is 284 g/mol. The van der Waals surface area contributed by atoms with E-state index >= 15 is 0 Å². The number of benzene rings is 2. The highest BCUT2D eigenvalue weighted by atomic mass is 16.5. The number of hydrogen-bond donors (Lipinski definition) is 1. The first-order valence-corrected chi connectivity index (χ1v) is 6.64. The van der Waals surface area contributed by atoms with E-state index in [4.69, 9.17) is 9.15 Å². The third kappa shape index (κ3) is 2.63. The van der Waals surface area contributed by atoms with Crippen LogP contribution in [0, 0.1) is 0 Å². The first-order valence-electron chi connectivity index (χ1n) is 6.64. The van der Waals surface area contributed by atoms with Crippen molar-refractivity contribution in [2.45, 2.75) is 6.54 Å². The van der Waals surface area contributed by atoms with Crippen molar-refractivity contribution in [1.29, 1.82) is 0 Å². The molecule has 0 amide bonds. The van der Waals surface area contributed by atoms with Gasteiger partial charge in [0, 0.05) is 25.3 Å². The summed E-state index contributed by atoms with van der Waals surface area (Å²) in [6.07, 6.45) is 0. The van der Waals surface area contributed by atoms with Crippen LogP contribution in [0.3, 0.4) is 0 Å². The Bertz CT molecular complexity index is 816. The second kappa shape index (κ2) is 5.36. The standard InChI is InChI=1S/C16H16N2O3/c1-18-14-8-5-12(9-15(14)21-16(18)19)17-10-11-3-6-13(20-2)7-4-11/h3-9,17H,10H2,1-2H3. The lowest BCUT2D eigenvalue weighted by molar-refractivity contribution is 0.414. The molecule has 0 saturated heterocycles. The summed E-state index contributed by atoms with van der Waals surface area (Å²) in [6.45, 7) is 0.687. The molecule has 21 heavy (non-hydrogen) atoms. The first kappa shape index (κ1) is 13.3. The van der Waals surface area contributed by atoms with Crippen LogP contribution in [0.15, 0.2) is 51.7 Å². The van der Waals surface area contributed by atoms with Crippen molar-refractivity contribution in [2.24, 2.45) is 7.05 Å². The molecular weight excluding hydrogens is 268 g/mol. The topological polar surface area (TPSA) is 56.4 Å². The molecule has 0 atom stereocenters. The second-order valence-corrected chi connectivity index (χ2v) is 4.81. The lowest BCUT2D eigenvalue weighted by atomic mass is 10.2. The van der Waals surface area contributed by atoms with Crippen LogP contribution in [-0.4, -0.2) is 11.7 Å². The Morgan fingerprint density at radius 1 is 1.19 bits per heavy atom. The van der Waals surface area contributed by atoms with Crippen molar-refractivity contribution in [3.8, 4) is 5.75 Å². The zero-order valence-electron chi connectivity index (χ0n) is 11.9. The molecule has 0 aliphatic rings. The maximum absolute atomic E-state index is 11.5. The Morgan fingerprint density at radius 2 is 1.95 bits per heavy atom. The van der Waals surface area contributed by atoms with Crippen LogP contribution < -0.4 is 15.8 Å². The van der Waals surface area contributed by atoms with Gasteiger partial charge in [-0.1, -0.05) is 12.1 Å². The highest BCUT2D eigenvalue weighted by Crippen LogP contribution is 2.19. The van der Waals surface area contributed by atoms with Crippen LogP contribution >= 0.6 is 0 Å². The Hall–Kier alpha value is -2.69. The summed E-state index contributed by atoms with van der Waals surface area (Å²) < 4.78 is 11.8. The highest BCUT2D eigenvalue weighted by Gasteiger charge is 2.06. The van der Waals surface area contributed by atoms with Crippen LogP contribution in [0.5, 0.6) is 5.75 Å². The summed E-state index contributed by atoms with van der Waals surface area (Å²) in [5.74, 6) is 0.489. The van der Waals surface area contributed by atoms with Gasteiger partial charge in [0.05, 0.1) is 12.6 Å². The van der Waals surface area contributed by atoms with E-state index in [-0.39, 0.29) is 5.76 Å². The van der Waals surface area contributed by atoms with E-state index in [2.05, 4.69) is 5.32 Å². The number of oxazole rings is 1. The minimum atomic E-state index is -0.350. The average Bonchev–Trinajstić information content (AvgIpc) is 2.80. The Kier molecular flexibility index (Phi) is 3.39. The maximum atomic E-state index is 11.5. The van der Waals surface area contributed by atoms with E-state index in [1.165, 1.54) is 4.57 Å². The zero-order chi connectivity index (χ0) is 14.8. The predicted molar refractivity (Wildman–Crippen MR) is 81.8 cm³/mol. The summed E-state index contributed by atoms with van der Waals surface area (Å²) in [4.78, 5) is 11.5. The normalized spacial score (nSPS) is 10.8. The van der Waals surface area contributed by atoms with E-state index in [1.807, 2.05) is 42.5 Å². The number of rotatable bonds is 4. The highest BCUT2D eigenvalue weighted by molar-refractivity contribution is 5.77. The molecule has 0 aliphatic carbocycles. The van der Waals surface area contributed by atoms with Gasteiger partial charge in [-0.2, -0.15) is 0 Å². The SMILES string of the molecule is COc1ccc(CNc2ccc3c(c2)oc(=O)n3C)cc1. The van der Waals surface area contributed by atoms with Gasteiger partial charge in [-0.05, 0) is 29.8 Å². The monoisotopic (exact) mass is 284 g/mol. The number of ether oxygens (including phenoxy) is 1. The summed E-state index contributed by atoms with van der Waals surface area (Å²) in [5.41, 5.74) is 3.43. The molecule has 1 aromatic heterocycles. The van der Waals surface area contributed by atoms with E-state index in [0.717, 1.165) is 22.5 Å². The quantitative estimate of drug-likeness (QED) is 0.800. The molecule has 0 saturated carbocycles. The Balaban J connectivity index is 1.76. The molecule has 1 heterocycles. The van der Waals surface area contributed by atoms with Gasteiger partial charge in [-0.25, -0.2) is 4.79 Å². The van der Waals surface area contributed by atoms with Crippen molar-refractivity contribution < 1.29 is 9.15 Å². The summed E-state index contributed by atoms with van der Waals surface area (Å²) in [7, 11) is 3.34. The lowest BCUT2D eigenvalue weighted by Gasteiger charge is -2.07. The molecule has 5 heteroatoms. The number of aryl methyl sites for hydroxylation is 1. The minimum absolute atomic E-state index is 0.350. The first-order chi connectivity index (χ1) is 10.2. The third-order valence-electron chi connectivity index (χ3n) is 3.45. The number of nitrogens with one attached hydrogen (secondary N) is 1. The number of hydrogen-bond acceptors (Lipinski definition) is 4. The van der Waals surface area contributed by atoms with Crippen molar-refractivity contribution in [3.63, 3.8) is 0 Å². The van der Waals surface area contributed by atoms with Gasteiger partial charge in [-0.15, -0.1) is 0 Å². The molecular formula is C16H16N2O3. The van der Waals surface area contributed by atoms with Crippen LogP contribution in [0.25, 0.3) is 11.1 Å². The zero-order valence-corrected chi connectivity index (χ0v) is 11.9. The molecule has 0 spiro atoms. The molecule has 0 fully saturated rings. The number of methoxy groups -OCH3 is 1. The van der Waals surface area contributed by atoms with Crippen LogP contribution in [0.1, 0.15) is 5.56 Å². The van der Waals surface area contributed by atoms with Crippen molar-refractivity contribution in [3.05, 3.63) is 58.6 Å². The molecule has 0 unspecified atom stereocenters. The van der Waals surface area contributed by atoms with Crippen molar-refractivity contribution in [2.75, 3.05) is 12.4 Å². The molecule has 3 aromatic rings. The summed E-state index contributed by atoms with van der Waals surface area (Å²) in [6, 6.07) is 13.5. The fourth-order valence-corrected chi connectivity index (χ4v) is 2.19. The van der Waals surface area contributed by atoms with Crippen molar-refractivity contribution in [1.82, 2.24) is 4.57 Å². The molecule has 1 N–H and O–H groups in total. The molecule has 108 valence electrons. The van der Waals surface area contributed by atoms with Gasteiger partial charge >= 0.3 is 5.76 Å². The van der Waals surface area contributed by atoms with E-state index in [0.29, 0.717) is 12.1 Å². The molecule has 0 bridgehead atoms. The predicted octanol–water partition coefficient (Wildman–Crippen LogP) is 2.75. The molecule has 5 nitrogen and oxygen atoms in total. The smallest absolute Gasteiger partial charge is 0.419 e. The minimum Gasteiger partial charge on any atom is -0.497 e. The maximum Gasteiger partial charge on any atom is 0.419 e. The molecule has 3 rings (SSSR count). The van der Waals surface area contributed by atoms with Gasteiger partial charge in [0.15, 0.2) is 5.58 Å². The van der Waals surface area contributed by atoms with Crippen LogP contribution in [-0.2, 0) is 13.6 Å². The second-order valence-electron chi connectivity index (χ2n) is 4.81. The fourth-order valence-electron chi connectivity index (χ4n) is 2.19. The Morgan fingerprint density at radius 3 is 2.67 bits per heavy atom. The van der Waals surface area contributed by atoms with E-state index in [9.17, 15) is 4.79 Å². The van der Waals surface area contributed by atoms with Crippen molar-refractivity contribution >= 4 is 16.8 Å². The lowest BCUT2D eigenvalue weighted by Crippen LogP contribution is -2.08. The number of fused-ring (bicyclic) bond motifs is 1. The fraction of sp³-hybridized carbons (Fsp3) is 0.188.